The molecule has 140 valence electrons. The Kier molecular flexibility index (Phi) is 4.91. The summed E-state index contributed by atoms with van der Waals surface area (Å²) in [6, 6.07) is 6.51. The van der Waals surface area contributed by atoms with Gasteiger partial charge in [0, 0.05) is 18.2 Å². The number of hydrogen-bond acceptors (Lipinski definition) is 2. The topological polar surface area (TPSA) is 46.9 Å². The highest BCUT2D eigenvalue weighted by Crippen LogP contribution is 2.64. The predicted molar refractivity (Wildman–Crippen MR) is 101 cm³/mol. The van der Waals surface area contributed by atoms with Gasteiger partial charge in [0.15, 0.2) is 0 Å². The maximum atomic E-state index is 13.1. The fraction of sp³-hybridized carbons (Fsp3) is 0.524. The Morgan fingerprint density at radius 2 is 1.92 bits per heavy atom. The van der Waals surface area contributed by atoms with E-state index in [2.05, 4.69) is 38.1 Å². The summed E-state index contributed by atoms with van der Waals surface area (Å²) in [5.41, 5.74) is 4.46. The second kappa shape index (κ2) is 6.86. The highest BCUT2D eigenvalue weighted by atomic mass is 19.1. The SMILES string of the molecule is CCc1c(C)nn(CCNC(=O)C2C(c3ccc(F)cc3)C2(C)C)c1C. The van der Waals surface area contributed by atoms with E-state index in [0.29, 0.717) is 13.1 Å². The van der Waals surface area contributed by atoms with E-state index in [0.717, 1.165) is 17.7 Å². The lowest BCUT2D eigenvalue weighted by atomic mass is 10.0. The average molecular weight is 357 g/mol. The lowest BCUT2D eigenvalue weighted by Crippen LogP contribution is -2.30. The predicted octanol–water partition coefficient (Wildman–Crippen LogP) is 3.76. The van der Waals surface area contributed by atoms with Crippen LogP contribution in [0.25, 0.3) is 0 Å². The average Bonchev–Trinajstić information content (AvgIpc) is 3.05. The van der Waals surface area contributed by atoms with Gasteiger partial charge in [-0.05, 0) is 48.9 Å². The summed E-state index contributed by atoms with van der Waals surface area (Å²) in [4.78, 5) is 12.7. The van der Waals surface area contributed by atoms with E-state index in [4.69, 9.17) is 0 Å². The number of hydrogen-bond donors (Lipinski definition) is 1. The zero-order valence-electron chi connectivity index (χ0n) is 16.3. The van der Waals surface area contributed by atoms with Gasteiger partial charge in [-0.25, -0.2) is 4.39 Å². The highest BCUT2D eigenvalue weighted by molar-refractivity contribution is 5.84. The number of aryl methyl sites for hydroxylation is 1. The first-order valence-electron chi connectivity index (χ1n) is 9.33. The van der Waals surface area contributed by atoms with Gasteiger partial charge >= 0.3 is 0 Å². The molecule has 5 heteroatoms. The first-order valence-corrected chi connectivity index (χ1v) is 9.33. The molecular weight excluding hydrogens is 329 g/mol. The van der Waals surface area contributed by atoms with E-state index in [9.17, 15) is 9.18 Å². The second-order valence-electron chi connectivity index (χ2n) is 7.85. The fourth-order valence-electron chi connectivity index (χ4n) is 4.28. The number of rotatable bonds is 6. The molecule has 2 aromatic rings. The maximum absolute atomic E-state index is 13.1. The maximum Gasteiger partial charge on any atom is 0.224 e. The Labute approximate surface area is 154 Å². The van der Waals surface area contributed by atoms with Crippen LogP contribution in [0.4, 0.5) is 4.39 Å². The molecule has 0 spiro atoms. The van der Waals surface area contributed by atoms with Gasteiger partial charge in [-0.2, -0.15) is 5.10 Å². The van der Waals surface area contributed by atoms with Crippen LogP contribution in [-0.4, -0.2) is 22.2 Å². The molecule has 1 fully saturated rings. The molecule has 1 aliphatic rings. The largest absolute Gasteiger partial charge is 0.354 e. The van der Waals surface area contributed by atoms with Crippen molar-refractivity contribution in [3.63, 3.8) is 0 Å². The Bertz CT molecular complexity index is 807. The van der Waals surface area contributed by atoms with Gasteiger partial charge in [0.2, 0.25) is 5.91 Å². The molecule has 1 amide bonds. The van der Waals surface area contributed by atoms with Crippen LogP contribution < -0.4 is 5.32 Å². The van der Waals surface area contributed by atoms with Crippen molar-refractivity contribution in [2.45, 2.75) is 53.5 Å². The molecule has 1 aromatic carbocycles. The summed E-state index contributed by atoms with van der Waals surface area (Å²) >= 11 is 0. The van der Waals surface area contributed by atoms with Crippen molar-refractivity contribution in [1.82, 2.24) is 15.1 Å². The smallest absolute Gasteiger partial charge is 0.224 e. The van der Waals surface area contributed by atoms with Gasteiger partial charge in [0.05, 0.1) is 18.2 Å². The number of carbonyl (C=O) groups excluding carboxylic acids is 1. The van der Waals surface area contributed by atoms with Gasteiger partial charge in [-0.15, -0.1) is 0 Å². The summed E-state index contributed by atoms with van der Waals surface area (Å²) in [5.74, 6) is -0.103. The molecule has 2 atom stereocenters. The molecule has 0 radical (unpaired) electrons. The quantitative estimate of drug-likeness (QED) is 0.856. The van der Waals surface area contributed by atoms with Gasteiger partial charge in [0.1, 0.15) is 5.82 Å². The van der Waals surface area contributed by atoms with Crippen LogP contribution >= 0.6 is 0 Å². The minimum Gasteiger partial charge on any atom is -0.354 e. The normalized spacial score (nSPS) is 20.8. The third-order valence-electron chi connectivity index (χ3n) is 5.85. The van der Waals surface area contributed by atoms with E-state index in [1.54, 1.807) is 12.1 Å². The molecule has 2 unspecified atom stereocenters. The van der Waals surface area contributed by atoms with E-state index in [1.807, 2.05) is 11.6 Å². The Balaban J connectivity index is 1.59. The van der Waals surface area contributed by atoms with Gasteiger partial charge in [-0.1, -0.05) is 32.9 Å². The number of halogens is 1. The Hall–Kier alpha value is -2.17. The number of carbonyl (C=O) groups is 1. The van der Waals surface area contributed by atoms with Crippen molar-refractivity contribution in [1.29, 1.82) is 0 Å². The van der Waals surface area contributed by atoms with E-state index in [-0.39, 0.29) is 29.0 Å². The Morgan fingerprint density at radius 1 is 1.27 bits per heavy atom. The van der Waals surface area contributed by atoms with Crippen LogP contribution in [-0.2, 0) is 17.8 Å². The first-order chi connectivity index (χ1) is 12.3. The van der Waals surface area contributed by atoms with Crippen LogP contribution in [0.3, 0.4) is 0 Å². The molecule has 1 aromatic heterocycles. The lowest BCUT2D eigenvalue weighted by molar-refractivity contribution is -0.123. The van der Waals surface area contributed by atoms with Gasteiger partial charge < -0.3 is 5.32 Å². The molecule has 0 saturated heterocycles. The van der Waals surface area contributed by atoms with Crippen LogP contribution in [0.15, 0.2) is 24.3 Å². The second-order valence-corrected chi connectivity index (χ2v) is 7.85. The van der Waals surface area contributed by atoms with E-state index < -0.39 is 0 Å². The molecular formula is C21H28FN3O. The van der Waals surface area contributed by atoms with Gasteiger partial charge in [0.25, 0.3) is 0 Å². The van der Waals surface area contributed by atoms with E-state index in [1.165, 1.54) is 23.4 Å². The summed E-state index contributed by atoms with van der Waals surface area (Å²) in [6.07, 6.45) is 0.972. The van der Waals surface area contributed by atoms with Crippen molar-refractivity contribution in [3.05, 3.63) is 52.6 Å². The van der Waals surface area contributed by atoms with Crippen LogP contribution in [0, 0.1) is 31.0 Å². The molecule has 26 heavy (non-hydrogen) atoms. The third-order valence-corrected chi connectivity index (χ3v) is 5.85. The highest BCUT2D eigenvalue weighted by Gasteiger charge is 2.62. The number of amides is 1. The van der Waals surface area contributed by atoms with Crippen molar-refractivity contribution >= 4 is 5.91 Å². The standard InChI is InChI=1S/C21H28FN3O/c1-6-17-13(2)24-25(14(17)3)12-11-23-20(26)19-18(21(19,4)5)15-7-9-16(22)10-8-15/h7-10,18-19H,6,11-12H2,1-5H3,(H,23,26). The number of nitrogens with one attached hydrogen (secondary N) is 1. The number of benzene rings is 1. The molecule has 0 bridgehead atoms. The molecule has 3 rings (SSSR count). The van der Waals surface area contributed by atoms with E-state index >= 15 is 0 Å². The van der Waals surface area contributed by atoms with Crippen molar-refractivity contribution < 1.29 is 9.18 Å². The summed E-state index contributed by atoms with van der Waals surface area (Å²) in [6.45, 7) is 11.7. The third kappa shape index (κ3) is 3.27. The zero-order chi connectivity index (χ0) is 19.1. The monoisotopic (exact) mass is 357 g/mol. The van der Waals surface area contributed by atoms with Crippen LogP contribution in [0.5, 0.6) is 0 Å². The minimum absolute atomic E-state index is 0.0698. The zero-order valence-corrected chi connectivity index (χ0v) is 16.3. The van der Waals surface area contributed by atoms with Crippen molar-refractivity contribution in [3.8, 4) is 0 Å². The number of aromatic nitrogens is 2. The van der Waals surface area contributed by atoms with Crippen molar-refractivity contribution in [2.75, 3.05) is 6.54 Å². The molecule has 1 heterocycles. The van der Waals surface area contributed by atoms with Crippen LogP contribution in [0.1, 0.15) is 49.2 Å². The van der Waals surface area contributed by atoms with Crippen molar-refractivity contribution in [2.24, 2.45) is 11.3 Å². The summed E-state index contributed by atoms with van der Waals surface area (Å²) in [5, 5.41) is 7.63. The number of nitrogens with zero attached hydrogens (tertiary/aromatic N) is 2. The summed E-state index contributed by atoms with van der Waals surface area (Å²) in [7, 11) is 0. The Morgan fingerprint density at radius 3 is 2.50 bits per heavy atom. The minimum atomic E-state index is -0.246. The summed E-state index contributed by atoms with van der Waals surface area (Å²) < 4.78 is 15.1. The molecule has 1 N–H and O–H groups in total. The first kappa shape index (κ1) is 18.6. The van der Waals surface area contributed by atoms with Gasteiger partial charge in [-0.3, -0.25) is 9.48 Å². The molecule has 1 saturated carbocycles. The molecule has 0 aliphatic heterocycles. The molecule has 4 nitrogen and oxygen atoms in total. The molecule has 1 aliphatic carbocycles. The van der Waals surface area contributed by atoms with Crippen LogP contribution in [0.2, 0.25) is 0 Å². The fourth-order valence-corrected chi connectivity index (χ4v) is 4.28. The lowest BCUT2D eigenvalue weighted by Gasteiger charge is -2.08.